The lowest BCUT2D eigenvalue weighted by Gasteiger charge is -2.21. The molecule has 0 saturated carbocycles. The second-order valence-corrected chi connectivity index (χ2v) is 20.2. The second kappa shape index (κ2) is 18.7. The fraction of sp³-hybridized carbons (Fsp3) is 0.452. The summed E-state index contributed by atoms with van der Waals surface area (Å²) in [6, 6.07) is 17.2. The van der Waals surface area contributed by atoms with Crippen LogP contribution in [0.25, 0.3) is 11.1 Å². The van der Waals surface area contributed by atoms with E-state index in [0.29, 0.717) is 25.8 Å². The maximum Gasteiger partial charge on any atom is 0.488 e. The molecule has 8 N–H and O–H groups in total. The number of aromatic nitrogens is 2. The van der Waals surface area contributed by atoms with Crippen LogP contribution in [0.15, 0.2) is 65.6 Å². The minimum absolute atomic E-state index is 0.0661. The number of nitrogens with zero attached hydrogens (tertiary/aromatic N) is 2. The molecule has 25 heteroatoms. The number of nitrogens with two attached hydrogens (primary N) is 1. The molecule has 0 spiro atoms. The molecular weight excluding hydrogens is 824 g/mol. The van der Waals surface area contributed by atoms with Crippen LogP contribution in [0.3, 0.4) is 0 Å². The number of nitrogens with one attached hydrogen (secondary N) is 1. The van der Waals surface area contributed by atoms with E-state index in [-0.39, 0.29) is 37.8 Å². The molecule has 0 radical (unpaired) electrons. The Morgan fingerprint density at radius 3 is 2.16 bits per heavy atom. The average molecular weight is 867 g/mol. The van der Waals surface area contributed by atoms with Crippen molar-refractivity contribution in [1.82, 2.24) is 14.9 Å². The monoisotopic (exact) mass is 866 g/mol. The van der Waals surface area contributed by atoms with Gasteiger partial charge in [-0.05, 0) is 41.2 Å². The number of hydrogen-bond acceptors (Lipinski definition) is 15. The molecule has 2 aliphatic rings. The lowest BCUT2D eigenvalue weighted by Crippen LogP contribution is -2.28. The van der Waals surface area contributed by atoms with Gasteiger partial charge in [0, 0.05) is 25.1 Å². The fourth-order valence-corrected chi connectivity index (χ4v) is 12.6. The minimum atomic E-state index is -5.91. The summed E-state index contributed by atoms with van der Waals surface area (Å²) in [5, 5.41) is 12.9. The molecule has 21 nitrogen and oxygen atoms in total. The third-order valence-electron chi connectivity index (χ3n) is 8.54. The molecule has 56 heavy (non-hydrogen) atoms. The molecule has 5 unspecified atom stereocenters. The molecule has 1 amide bonds. The number of fused-ring (bicyclic) bond motifs is 3. The van der Waals surface area contributed by atoms with Crippen molar-refractivity contribution in [1.29, 1.82) is 0 Å². The second-order valence-electron chi connectivity index (χ2n) is 12.8. The molecule has 1 aromatic heterocycles. The SMILES string of the molecule is Nc1ccn([C@H]2CC(O)[C@@H](COP(=O)(O)OP(=O)(O)OP(=O)(O)CP(=O)(O)OCCCCCCNC(=O)OCC3c4ccccc4-c4ccccc43)O2)c(=O)n1. The molecule has 5 rings (SSSR count). The first-order valence-electron chi connectivity index (χ1n) is 17.1. The standard InChI is InChI=1S/C31H42N4O17P4/c32-28-13-15-35(30(37)34-28)29-17-26(36)27(50-29)19-49-55(43,44)52-56(45,46)51-54(41,42)20-53(39,40)48-16-8-2-1-7-14-33-31(38)47-18-25-23-11-5-3-9-21(23)22-10-4-6-12-24(22)25/h3-6,9-13,15,25-27,29,36H,1-2,7-8,14,16-20H2,(H,33,38)(H,39,40)(H,41,42)(H,43,44)(H,45,46)(H2,32,34,37)/t26?,27-,29-/m1/s1. The summed E-state index contributed by atoms with van der Waals surface area (Å²) in [6.45, 7) is -0.796. The van der Waals surface area contributed by atoms with E-state index < -0.39 is 73.6 Å². The van der Waals surface area contributed by atoms with Crippen molar-refractivity contribution in [3.05, 3.63) is 82.4 Å². The van der Waals surface area contributed by atoms with Crippen molar-refractivity contribution >= 4 is 42.7 Å². The number of alkyl carbamates (subject to hydrolysis) is 1. The van der Waals surface area contributed by atoms with Gasteiger partial charge in [0.05, 0.1) is 19.3 Å². The summed E-state index contributed by atoms with van der Waals surface area (Å²) >= 11 is 0. The first kappa shape index (κ1) is 44.0. The van der Waals surface area contributed by atoms with E-state index >= 15 is 0 Å². The quantitative estimate of drug-likeness (QED) is 0.0619. The van der Waals surface area contributed by atoms with Crippen LogP contribution in [0.4, 0.5) is 10.6 Å². The number of anilines is 1. The Morgan fingerprint density at radius 2 is 1.50 bits per heavy atom. The molecule has 7 atom stereocenters. The molecule has 308 valence electrons. The molecule has 1 aliphatic carbocycles. The van der Waals surface area contributed by atoms with Crippen molar-refractivity contribution < 1.29 is 74.9 Å². The first-order chi connectivity index (χ1) is 26.3. The number of hydrogen-bond donors (Lipinski definition) is 7. The highest BCUT2D eigenvalue weighted by molar-refractivity contribution is 7.75. The van der Waals surface area contributed by atoms with Crippen LogP contribution >= 0.6 is 30.8 Å². The number of phosphoric ester groups is 1. The number of phosphoric acid groups is 2. The zero-order valence-corrected chi connectivity index (χ0v) is 33.1. The number of carbonyl (C=O) groups is 1. The van der Waals surface area contributed by atoms with E-state index in [2.05, 4.69) is 23.4 Å². The van der Waals surface area contributed by atoms with E-state index in [4.69, 9.17) is 19.7 Å². The maximum absolute atomic E-state index is 12.4. The van der Waals surface area contributed by atoms with Gasteiger partial charge in [0.1, 0.15) is 24.8 Å². The average Bonchev–Trinajstić information content (AvgIpc) is 3.62. The number of amides is 1. The Hall–Kier alpha value is -3.09. The number of ether oxygens (including phenoxy) is 2. The molecule has 1 fully saturated rings. The van der Waals surface area contributed by atoms with Crippen LogP contribution in [0.2, 0.25) is 0 Å². The molecule has 0 bridgehead atoms. The largest absolute Gasteiger partial charge is 0.488 e. The highest BCUT2D eigenvalue weighted by Gasteiger charge is 2.45. The van der Waals surface area contributed by atoms with Gasteiger partial charge >= 0.3 is 42.6 Å². The number of nitrogen functional groups attached to an aromatic ring is 1. The van der Waals surface area contributed by atoms with Crippen molar-refractivity contribution in [3.8, 4) is 11.1 Å². The predicted octanol–water partition coefficient (Wildman–Crippen LogP) is 4.17. The smallest absolute Gasteiger partial charge is 0.449 e. The predicted molar refractivity (Wildman–Crippen MR) is 197 cm³/mol. The molecule has 3 aromatic rings. The van der Waals surface area contributed by atoms with Gasteiger partial charge in [-0.3, -0.25) is 18.2 Å². The first-order valence-corrected chi connectivity index (χ1v) is 23.6. The zero-order valence-electron chi connectivity index (χ0n) is 29.5. The van der Waals surface area contributed by atoms with Crippen LogP contribution < -0.4 is 16.7 Å². The summed E-state index contributed by atoms with van der Waals surface area (Å²) in [5.41, 5.74) is 9.04. The Bertz CT molecular complexity index is 2080. The van der Waals surface area contributed by atoms with Gasteiger partial charge in [0.25, 0.3) is 0 Å². The number of carbonyl (C=O) groups excluding carboxylic acids is 1. The number of unbranched alkanes of at least 4 members (excludes halogenated alkanes) is 3. The lowest BCUT2D eigenvalue weighted by atomic mass is 9.98. The Morgan fingerprint density at radius 1 is 0.857 bits per heavy atom. The maximum atomic E-state index is 12.4. The van der Waals surface area contributed by atoms with Gasteiger partial charge in [-0.2, -0.15) is 9.29 Å². The Labute approximate surface area is 320 Å². The van der Waals surface area contributed by atoms with Crippen molar-refractivity contribution in [2.75, 3.05) is 38.0 Å². The highest BCUT2D eigenvalue weighted by Crippen LogP contribution is 2.70. The van der Waals surface area contributed by atoms with E-state index in [1.165, 1.54) is 12.3 Å². The zero-order chi connectivity index (χ0) is 40.7. The molecule has 2 heterocycles. The van der Waals surface area contributed by atoms with Crippen LogP contribution in [-0.2, 0) is 45.4 Å². The van der Waals surface area contributed by atoms with Gasteiger partial charge in [-0.25, -0.2) is 23.0 Å². The fourth-order valence-electron chi connectivity index (χ4n) is 6.10. The van der Waals surface area contributed by atoms with Crippen LogP contribution in [0.5, 0.6) is 0 Å². The molecule has 1 aliphatic heterocycles. The topological polar surface area (TPSA) is 315 Å². The normalized spacial score (nSPS) is 22.2. The van der Waals surface area contributed by atoms with Gasteiger partial charge in [-0.1, -0.05) is 61.4 Å². The lowest BCUT2D eigenvalue weighted by molar-refractivity contribution is -0.0449. The minimum Gasteiger partial charge on any atom is -0.449 e. The van der Waals surface area contributed by atoms with Crippen LogP contribution in [0, 0.1) is 0 Å². The van der Waals surface area contributed by atoms with Crippen molar-refractivity contribution in [3.63, 3.8) is 0 Å². The van der Waals surface area contributed by atoms with E-state index in [1.54, 1.807) is 0 Å². The Balaban J connectivity index is 0.951. The van der Waals surface area contributed by atoms with Gasteiger partial charge in [0.2, 0.25) is 0 Å². The summed E-state index contributed by atoms with van der Waals surface area (Å²) in [4.78, 5) is 67.7. The molecule has 1 saturated heterocycles. The highest BCUT2D eigenvalue weighted by atomic mass is 31.3. The van der Waals surface area contributed by atoms with Crippen molar-refractivity contribution in [2.24, 2.45) is 0 Å². The Kier molecular flexibility index (Phi) is 14.7. The van der Waals surface area contributed by atoms with Crippen molar-refractivity contribution in [2.45, 2.75) is 56.5 Å². The van der Waals surface area contributed by atoms with Gasteiger partial charge in [0.15, 0.2) is 5.90 Å². The number of rotatable bonds is 20. The van der Waals surface area contributed by atoms with Gasteiger partial charge < -0.3 is 49.7 Å². The van der Waals surface area contributed by atoms with E-state index in [1.807, 2.05) is 48.5 Å². The van der Waals surface area contributed by atoms with Gasteiger partial charge in [-0.15, -0.1) is 0 Å². The number of aliphatic hydroxyl groups is 1. The van der Waals surface area contributed by atoms with Crippen LogP contribution in [0.1, 0.15) is 55.4 Å². The van der Waals surface area contributed by atoms with E-state index in [9.17, 15) is 52.5 Å². The third kappa shape index (κ3) is 12.5. The third-order valence-corrected chi connectivity index (χ3v) is 16.0. The summed E-state index contributed by atoms with van der Waals surface area (Å²) in [6.07, 6.45) is -1.46. The van der Waals surface area contributed by atoms with E-state index in [0.717, 1.165) is 26.8 Å². The summed E-state index contributed by atoms with van der Waals surface area (Å²) in [7, 11) is -21.8. The molecule has 2 aromatic carbocycles. The summed E-state index contributed by atoms with van der Waals surface area (Å²) < 4.78 is 78.8. The number of benzene rings is 2. The van der Waals surface area contributed by atoms with Crippen LogP contribution in [-0.4, -0.2) is 84.8 Å². The molecular formula is C31H42N4O17P4. The summed E-state index contributed by atoms with van der Waals surface area (Å²) in [5.74, 6) is -1.81. The number of aliphatic hydroxyl groups excluding tert-OH is 1.